The van der Waals surface area contributed by atoms with Crippen molar-refractivity contribution in [1.82, 2.24) is 0 Å². The largest absolute Gasteiger partial charge is 0.496 e. The van der Waals surface area contributed by atoms with Gasteiger partial charge in [-0.25, -0.2) is 0 Å². The third-order valence-corrected chi connectivity index (χ3v) is 5.77. The van der Waals surface area contributed by atoms with Crippen LogP contribution in [-0.4, -0.2) is 19.6 Å². The van der Waals surface area contributed by atoms with Gasteiger partial charge in [-0.05, 0) is 74.7 Å². The van der Waals surface area contributed by atoms with Crippen molar-refractivity contribution in [2.75, 3.05) is 19.0 Å². The lowest BCUT2D eigenvalue weighted by Gasteiger charge is -2.11. The summed E-state index contributed by atoms with van der Waals surface area (Å²) in [6.07, 6.45) is 3.36. The van der Waals surface area contributed by atoms with Crippen molar-refractivity contribution in [2.45, 2.75) is 27.7 Å². The highest BCUT2D eigenvalue weighted by Gasteiger charge is 2.16. The summed E-state index contributed by atoms with van der Waals surface area (Å²) in [4.78, 5) is 12.7. The number of hydrogen-bond acceptors (Lipinski definition) is 4. The van der Waals surface area contributed by atoms with E-state index >= 15 is 0 Å². The van der Waals surface area contributed by atoms with Crippen LogP contribution in [0, 0.1) is 13.8 Å². The van der Waals surface area contributed by atoms with Gasteiger partial charge in [-0.1, -0.05) is 23.8 Å². The zero-order valence-electron chi connectivity index (χ0n) is 20.2. The number of carbonyl (C=O) groups is 1. The van der Waals surface area contributed by atoms with Gasteiger partial charge < -0.3 is 19.2 Å². The molecule has 3 aromatic carbocycles. The van der Waals surface area contributed by atoms with Crippen LogP contribution in [0.1, 0.15) is 30.5 Å². The number of nitrogens with one attached hydrogen (secondary N) is 1. The van der Waals surface area contributed by atoms with Gasteiger partial charge >= 0.3 is 0 Å². The van der Waals surface area contributed by atoms with Crippen LogP contribution in [0.5, 0.6) is 11.5 Å². The summed E-state index contributed by atoms with van der Waals surface area (Å²) in [5.74, 6) is 1.20. The summed E-state index contributed by atoms with van der Waals surface area (Å²) >= 11 is 0. The molecular formula is C29H29NO4. The Morgan fingerprint density at radius 3 is 2.47 bits per heavy atom. The van der Waals surface area contributed by atoms with Crippen LogP contribution in [-0.2, 0) is 4.79 Å². The Hall–Kier alpha value is -3.99. The lowest BCUT2D eigenvalue weighted by atomic mass is 9.96. The highest BCUT2D eigenvalue weighted by Crippen LogP contribution is 2.38. The van der Waals surface area contributed by atoms with Crippen molar-refractivity contribution < 1.29 is 18.7 Å². The second-order valence-corrected chi connectivity index (χ2v) is 8.29. The van der Waals surface area contributed by atoms with E-state index in [1.165, 1.54) is 11.1 Å². The number of carbonyl (C=O) groups excluding carboxylic acids is 1. The molecule has 1 N–H and O–H groups in total. The van der Waals surface area contributed by atoms with E-state index in [2.05, 4.69) is 37.4 Å². The Bertz CT molecular complexity index is 1360. The fourth-order valence-corrected chi connectivity index (χ4v) is 4.11. The topological polar surface area (TPSA) is 60.7 Å². The fraction of sp³-hybridized carbons (Fsp3) is 0.207. The maximum Gasteiger partial charge on any atom is 0.248 e. The molecule has 1 aromatic heterocycles. The molecule has 0 saturated carbocycles. The van der Waals surface area contributed by atoms with Gasteiger partial charge in [-0.3, -0.25) is 4.79 Å². The molecule has 0 spiro atoms. The second-order valence-electron chi connectivity index (χ2n) is 8.29. The maximum atomic E-state index is 12.7. The molecule has 5 heteroatoms. The van der Waals surface area contributed by atoms with Crippen LogP contribution < -0.4 is 14.8 Å². The van der Waals surface area contributed by atoms with Gasteiger partial charge in [0.05, 0.1) is 20.0 Å². The Balaban J connectivity index is 1.66. The smallest absolute Gasteiger partial charge is 0.248 e. The number of fused-ring (bicyclic) bond motifs is 1. The molecule has 4 aromatic rings. The van der Waals surface area contributed by atoms with E-state index in [4.69, 9.17) is 13.9 Å². The number of benzene rings is 3. The minimum atomic E-state index is -0.217. The number of hydrogen-bond donors (Lipinski definition) is 1. The molecule has 4 rings (SSSR count). The summed E-state index contributed by atoms with van der Waals surface area (Å²) in [6, 6.07) is 17.6. The average molecular weight is 456 g/mol. The van der Waals surface area contributed by atoms with E-state index in [0.29, 0.717) is 18.0 Å². The van der Waals surface area contributed by atoms with E-state index in [-0.39, 0.29) is 5.91 Å². The van der Waals surface area contributed by atoms with Gasteiger partial charge in [0.1, 0.15) is 17.1 Å². The number of anilines is 1. The number of ether oxygens (including phenoxy) is 2. The lowest BCUT2D eigenvalue weighted by Crippen LogP contribution is -2.08. The Labute approximate surface area is 200 Å². The Morgan fingerprint density at radius 1 is 1.03 bits per heavy atom. The highest BCUT2D eigenvalue weighted by atomic mass is 16.5. The van der Waals surface area contributed by atoms with Crippen LogP contribution >= 0.6 is 0 Å². The molecule has 0 bridgehead atoms. The number of allylic oxidation sites excluding steroid dienone is 1. The molecule has 0 aliphatic carbocycles. The van der Waals surface area contributed by atoms with Crippen LogP contribution in [0.25, 0.3) is 27.7 Å². The van der Waals surface area contributed by atoms with E-state index in [1.807, 2.05) is 50.2 Å². The first-order valence-corrected chi connectivity index (χ1v) is 11.3. The predicted octanol–water partition coefficient (Wildman–Crippen LogP) is 7.17. The van der Waals surface area contributed by atoms with E-state index in [0.717, 1.165) is 39.0 Å². The van der Waals surface area contributed by atoms with Gasteiger partial charge in [-0.15, -0.1) is 0 Å². The van der Waals surface area contributed by atoms with Gasteiger partial charge in [0.2, 0.25) is 5.91 Å². The molecule has 174 valence electrons. The summed E-state index contributed by atoms with van der Waals surface area (Å²) in [5.41, 5.74) is 7.60. The molecule has 0 unspecified atom stereocenters. The number of rotatable bonds is 7. The molecule has 0 fully saturated rings. The Kier molecular flexibility index (Phi) is 6.73. The second kappa shape index (κ2) is 9.87. The Morgan fingerprint density at radius 2 is 1.79 bits per heavy atom. The summed E-state index contributed by atoms with van der Waals surface area (Å²) < 4.78 is 16.9. The van der Waals surface area contributed by atoms with E-state index in [9.17, 15) is 4.79 Å². The zero-order valence-corrected chi connectivity index (χ0v) is 20.2. The molecule has 1 heterocycles. The summed E-state index contributed by atoms with van der Waals surface area (Å²) in [6.45, 7) is 8.62. The van der Waals surface area contributed by atoms with Crippen molar-refractivity contribution in [3.63, 3.8) is 0 Å². The third kappa shape index (κ3) is 4.84. The highest BCUT2D eigenvalue weighted by molar-refractivity contribution is 6.05. The number of amides is 1. The minimum Gasteiger partial charge on any atom is -0.496 e. The summed E-state index contributed by atoms with van der Waals surface area (Å²) in [7, 11) is 1.62. The zero-order chi connectivity index (χ0) is 24.2. The monoisotopic (exact) mass is 455 g/mol. The molecule has 0 aliphatic heterocycles. The molecule has 5 nitrogen and oxygen atoms in total. The molecule has 0 radical (unpaired) electrons. The first kappa shape index (κ1) is 23.2. The third-order valence-electron chi connectivity index (χ3n) is 5.77. The quantitative estimate of drug-likeness (QED) is 0.300. The van der Waals surface area contributed by atoms with Crippen molar-refractivity contribution in [2.24, 2.45) is 0 Å². The molecule has 34 heavy (non-hydrogen) atoms. The fourth-order valence-electron chi connectivity index (χ4n) is 4.11. The molecule has 0 atom stereocenters. The first-order chi connectivity index (χ1) is 16.4. The van der Waals surface area contributed by atoms with Gasteiger partial charge in [0.15, 0.2) is 0 Å². The van der Waals surface area contributed by atoms with Crippen LogP contribution in [0.4, 0.5) is 5.69 Å². The van der Waals surface area contributed by atoms with E-state index < -0.39 is 0 Å². The van der Waals surface area contributed by atoms with Crippen molar-refractivity contribution >= 4 is 28.1 Å². The van der Waals surface area contributed by atoms with Crippen LogP contribution in [0.2, 0.25) is 0 Å². The van der Waals surface area contributed by atoms with Crippen molar-refractivity contribution in [3.8, 4) is 22.6 Å². The molecule has 0 saturated heterocycles. The average Bonchev–Trinajstić information content (AvgIpc) is 3.22. The van der Waals surface area contributed by atoms with Crippen molar-refractivity contribution in [3.05, 3.63) is 83.6 Å². The predicted molar refractivity (Wildman–Crippen MR) is 138 cm³/mol. The van der Waals surface area contributed by atoms with E-state index in [1.54, 1.807) is 19.4 Å². The van der Waals surface area contributed by atoms with Crippen molar-refractivity contribution in [1.29, 1.82) is 0 Å². The molecule has 1 amide bonds. The normalized spacial score (nSPS) is 11.5. The van der Waals surface area contributed by atoms with Gasteiger partial charge in [0.25, 0.3) is 0 Å². The first-order valence-electron chi connectivity index (χ1n) is 11.3. The lowest BCUT2D eigenvalue weighted by molar-refractivity contribution is -0.111. The summed E-state index contributed by atoms with van der Waals surface area (Å²) in [5, 5.41) is 3.88. The SMILES string of the molecule is CCOc1ccc(NC(=O)/C=C(\C)c2cc3c(-c4ccc(C)cc4C)coc3cc2OC)cc1. The number of aryl methyl sites for hydroxylation is 2. The number of furan rings is 1. The van der Waals surface area contributed by atoms with Crippen LogP contribution in [0.15, 0.2) is 71.4 Å². The van der Waals surface area contributed by atoms with Gasteiger partial charge in [0, 0.05) is 34.3 Å². The minimum absolute atomic E-state index is 0.217. The van der Waals surface area contributed by atoms with Crippen LogP contribution in [0.3, 0.4) is 0 Å². The number of methoxy groups -OCH3 is 1. The standard InChI is InChI=1S/C29H29NO4/c1-6-33-22-10-8-21(9-11-22)30-29(31)14-20(4)24-15-25-26(17-34-28(25)16-27(24)32-5)23-12-7-18(2)13-19(23)3/h7-17H,6H2,1-5H3,(H,30,31)/b20-14+. The molecule has 0 aliphatic rings. The van der Waals surface area contributed by atoms with Gasteiger partial charge in [-0.2, -0.15) is 0 Å². The molecular weight excluding hydrogens is 426 g/mol. The maximum absolute atomic E-state index is 12.7.